The monoisotopic (exact) mass is 228 g/mol. The first kappa shape index (κ1) is 41.0. The quantitative estimate of drug-likeness (QED) is 0.301. The Labute approximate surface area is 99.2 Å². The van der Waals surface area contributed by atoms with Gasteiger partial charge in [0.25, 0.3) is 0 Å². The average molecular weight is 229 g/mol. The molecule has 0 unspecified atom stereocenters. The van der Waals surface area contributed by atoms with E-state index in [0.717, 1.165) is 6.42 Å². The normalized spacial score (nSPS) is 8.00. The molecular formula is C8H14Cl2Ti-4. The first-order chi connectivity index (χ1) is 2.50. The number of rotatable bonds is 0. The Morgan fingerprint density at radius 3 is 1.55 bits per heavy atom. The van der Waals surface area contributed by atoms with Gasteiger partial charge in [-0.15, -0.1) is 6.42 Å². The van der Waals surface area contributed by atoms with E-state index in [1.54, 1.807) is 0 Å². The predicted molar refractivity (Wildman–Crippen MR) is 40.8 cm³/mol. The van der Waals surface area contributed by atoms with Gasteiger partial charge in [0, 0.05) is 0 Å². The van der Waals surface area contributed by atoms with Gasteiger partial charge >= 0.3 is 21.7 Å². The van der Waals surface area contributed by atoms with Crippen LogP contribution in [-0.2, 0) is 21.7 Å². The van der Waals surface area contributed by atoms with Gasteiger partial charge in [-0.25, -0.2) is 12.2 Å². The summed E-state index contributed by atoms with van der Waals surface area (Å²) in [4.78, 5) is 0. The van der Waals surface area contributed by atoms with E-state index in [4.69, 9.17) is 0 Å². The van der Waals surface area contributed by atoms with Crippen molar-refractivity contribution in [1.29, 1.82) is 0 Å². The largest absolute Gasteiger partial charge is 2.00 e. The van der Waals surface area contributed by atoms with Crippen LogP contribution in [0.2, 0.25) is 0 Å². The summed E-state index contributed by atoms with van der Waals surface area (Å²) in [5.74, 6) is 0. The molecule has 1 aliphatic rings. The van der Waals surface area contributed by atoms with Crippen LogP contribution in [-0.4, -0.2) is 0 Å². The molecule has 0 aromatic heterocycles. The summed E-state index contributed by atoms with van der Waals surface area (Å²) in [6.45, 7) is 0. The summed E-state index contributed by atoms with van der Waals surface area (Å²) < 4.78 is 0. The molecule has 0 spiro atoms. The summed E-state index contributed by atoms with van der Waals surface area (Å²) in [6, 6.07) is 0. The molecule has 0 amide bonds. The summed E-state index contributed by atoms with van der Waals surface area (Å²) in [5.41, 5.74) is 0. The Morgan fingerprint density at radius 1 is 1.00 bits per heavy atom. The molecular weight excluding hydrogens is 215 g/mol. The van der Waals surface area contributed by atoms with Crippen molar-refractivity contribution in [3.05, 3.63) is 46.6 Å². The van der Waals surface area contributed by atoms with Crippen LogP contribution in [0.4, 0.5) is 0 Å². The maximum atomic E-state index is 2.99. The molecule has 0 heterocycles. The van der Waals surface area contributed by atoms with Crippen LogP contribution < -0.4 is 24.8 Å². The molecule has 0 saturated carbocycles. The van der Waals surface area contributed by atoms with Crippen molar-refractivity contribution in [3.8, 4) is 0 Å². The topological polar surface area (TPSA) is 0 Å². The molecule has 0 aromatic rings. The predicted octanol–water partition coefficient (Wildman–Crippen LogP) is -3.34. The minimum atomic E-state index is 0. The number of allylic oxidation sites excluding steroid dienone is 4. The first-order valence-corrected chi connectivity index (χ1v) is 1.72. The Balaban J connectivity index is -0.0000000104. The smallest absolute Gasteiger partial charge is 1.00 e. The second-order valence-corrected chi connectivity index (χ2v) is 1.00. The van der Waals surface area contributed by atoms with Crippen molar-refractivity contribution in [2.75, 3.05) is 0 Å². The van der Waals surface area contributed by atoms with Gasteiger partial charge in [0.05, 0.1) is 0 Å². The summed E-state index contributed by atoms with van der Waals surface area (Å²) >= 11 is 0. The van der Waals surface area contributed by atoms with Crippen LogP contribution >= 0.6 is 0 Å². The van der Waals surface area contributed by atoms with Gasteiger partial charge < -0.3 is 47.1 Å². The molecule has 0 radical (unpaired) electrons. The molecule has 1 aliphatic carbocycles. The second-order valence-electron chi connectivity index (χ2n) is 1.00. The third-order valence-corrected chi connectivity index (χ3v) is 0.586. The third kappa shape index (κ3) is 24.9. The molecule has 0 bridgehead atoms. The fourth-order valence-corrected chi connectivity index (χ4v) is 0.340. The van der Waals surface area contributed by atoms with E-state index in [2.05, 4.69) is 12.2 Å². The van der Waals surface area contributed by atoms with Gasteiger partial charge in [0.2, 0.25) is 0 Å². The van der Waals surface area contributed by atoms with Crippen LogP contribution in [0, 0.1) is 28.4 Å². The second kappa shape index (κ2) is 30.9. The van der Waals surface area contributed by atoms with Crippen molar-refractivity contribution in [2.24, 2.45) is 0 Å². The molecule has 3 heteroatoms. The van der Waals surface area contributed by atoms with Crippen LogP contribution in [0.5, 0.6) is 0 Å². The van der Waals surface area contributed by atoms with E-state index in [9.17, 15) is 0 Å². The fourth-order valence-electron chi connectivity index (χ4n) is 0.340. The van der Waals surface area contributed by atoms with Gasteiger partial charge in [-0.2, -0.15) is 6.08 Å². The van der Waals surface area contributed by atoms with Gasteiger partial charge in [0.1, 0.15) is 0 Å². The maximum absolute atomic E-state index is 2.99. The molecule has 0 atom stereocenters. The SMILES string of the molecule is [C-]1=CC=CC1.[CH3-].[CH3-].[CH3-].[Cl-].[Cl-].[Ti+2]. The van der Waals surface area contributed by atoms with Gasteiger partial charge in [-0.1, -0.05) is 0 Å². The van der Waals surface area contributed by atoms with Crippen LogP contribution in [0.25, 0.3) is 0 Å². The molecule has 11 heavy (non-hydrogen) atoms. The van der Waals surface area contributed by atoms with Crippen molar-refractivity contribution in [2.45, 2.75) is 6.42 Å². The molecule has 0 aliphatic heterocycles. The van der Waals surface area contributed by atoms with Crippen molar-refractivity contribution >= 4 is 0 Å². The van der Waals surface area contributed by atoms with E-state index in [-0.39, 0.29) is 68.8 Å². The van der Waals surface area contributed by atoms with Crippen molar-refractivity contribution in [3.63, 3.8) is 0 Å². The molecule has 0 fully saturated rings. The zero-order valence-electron chi connectivity index (χ0n) is 7.20. The summed E-state index contributed by atoms with van der Waals surface area (Å²) in [7, 11) is 0. The Bertz CT molecular complexity index is 70.2. The van der Waals surface area contributed by atoms with E-state index in [1.165, 1.54) is 0 Å². The van der Waals surface area contributed by atoms with Crippen LogP contribution in [0.1, 0.15) is 6.42 Å². The minimum absolute atomic E-state index is 0. The first-order valence-electron chi connectivity index (χ1n) is 1.72. The fraction of sp³-hybridized carbons (Fsp3) is 0.125. The molecule has 0 N–H and O–H groups in total. The third-order valence-electron chi connectivity index (χ3n) is 0.586. The number of hydrogen-bond donors (Lipinski definition) is 0. The molecule has 0 aromatic carbocycles. The maximum Gasteiger partial charge on any atom is 2.00 e. The van der Waals surface area contributed by atoms with Gasteiger partial charge in [-0.3, -0.25) is 6.08 Å². The van der Waals surface area contributed by atoms with Gasteiger partial charge in [-0.05, 0) is 0 Å². The zero-order valence-corrected chi connectivity index (χ0v) is 10.3. The Hall–Kier alpha value is 0.774. The van der Waals surface area contributed by atoms with Crippen molar-refractivity contribution < 1.29 is 46.5 Å². The standard InChI is InChI=1S/C5H5.3CH3.2ClH.Ti/c1-2-4-5-3-1;;;;;;/h1-3H,4H2;3*1H3;2*1H;/q4*-1;;;+2/p-2. The molecule has 1 rings (SSSR count). The average Bonchev–Trinajstić information content (AvgIpc) is 1.76. The zero-order chi connectivity index (χ0) is 3.54. The van der Waals surface area contributed by atoms with E-state index >= 15 is 0 Å². The Kier molecular flexibility index (Phi) is 115. The molecule has 0 saturated heterocycles. The number of hydrogen-bond acceptors (Lipinski definition) is 0. The van der Waals surface area contributed by atoms with Crippen LogP contribution in [0.15, 0.2) is 18.2 Å². The number of halogens is 2. The summed E-state index contributed by atoms with van der Waals surface area (Å²) in [5, 5.41) is 0. The van der Waals surface area contributed by atoms with E-state index < -0.39 is 0 Å². The molecule has 0 nitrogen and oxygen atoms in total. The van der Waals surface area contributed by atoms with E-state index in [1.807, 2.05) is 12.2 Å². The molecule has 68 valence electrons. The minimum Gasteiger partial charge on any atom is -1.00 e. The van der Waals surface area contributed by atoms with Gasteiger partial charge in [0.15, 0.2) is 0 Å². The van der Waals surface area contributed by atoms with Crippen LogP contribution in [0.3, 0.4) is 0 Å². The van der Waals surface area contributed by atoms with E-state index in [0.29, 0.717) is 0 Å². The summed E-state index contributed by atoms with van der Waals surface area (Å²) in [6.07, 6.45) is 10.0. The van der Waals surface area contributed by atoms with Crippen molar-refractivity contribution in [1.82, 2.24) is 0 Å². The Morgan fingerprint density at radius 2 is 1.45 bits per heavy atom.